The van der Waals surface area contributed by atoms with Crippen molar-refractivity contribution in [1.29, 1.82) is 0 Å². The first-order valence-corrected chi connectivity index (χ1v) is 7.02. The summed E-state index contributed by atoms with van der Waals surface area (Å²) in [6.07, 6.45) is 0.969. The van der Waals surface area contributed by atoms with Gasteiger partial charge in [0.15, 0.2) is 0 Å². The minimum atomic E-state index is -0.923. The van der Waals surface area contributed by atoms with Gasteiger partial charge in [-0.2, -0.15) is 0 Å². The fraction of sp³-hybridized carbons (Fsp3) is 0.467. The molecule has 2 N–H and O–H groups in total. The first-order chi connectivity index (χ1) is 10.1. The standard InChI is InChI=1S/C15H18N2O4/c1-17(13-8-21-7-11(13)15(19)20)14(18)10-3-2-9-4-5-16-12(9)6-10/h2-3,6,11,13,16H,4-5,7-8H2,1H3,(H,19,20). The molecule has 2 heterocycles. The van der Waals surface area contributed by atoms with Crippen LogP contribution >= 0.6 is 0 Å². The van der Waals surface area contributed by atoms with Gasteiger partial charge < -0.3 is 20.1 Å². The van der Waals surface area contributed by atoms with Crippen molar-refractivity contribution < 1.29 is 19.4 Å². The molecular weight excluding hydrogens is 272 g/mol. The highest BCUT2D eigenvalue weighted by molar-refractivity contribution is 5.96. The highest BCUT2D eigenvalue weighted by Crippen LogP contribution is 2.25. The summed E-state index contributed by atoms with van der Waals surface area (Å²) in [6.45, 7) is 1.31. The number of aliphatic carboxylic acids is 1. The van der Waals surface area contributed by atoms with Gasteiger partial charge in [0.2, 0.25) is 0 Å². The number of nitrogens with one attached hydrogen (secondary N) is 1. The van der Waals surface area contributed by atoms with Crippen LogP contribution in [0.4, 0.5) is 5.69 Å². The van der Waals surface area contributed by atoms with Gasteiger partial charge in [0.1, 0.15) is 5.92 Å². The number of ether oxygens (including phenoxy) is 1. The molecule has 1 amide bonds. The van der Waals surface area contributed by atoms with E-state index in [9.17, 15) is 14.7 Å². The van der Waals surface area contributed by atoms with Crippen molar-refractivity contribution in [3.8, 4) is 0 Å². The van der Waals surface area contributed by atoms with Gasteiger partial charge in [-0.05, 0) is 24.1 Å². The molecule has 6 nitrogen and oxygen atoms in total. The van der Waals surface area contributed by atoms with E-state index in [4.69, 9.17) is 4.74 Å². The number of hydrogen-bond acceptors (Lipinski definition) is 4. The molecular formula is C15H18N2O4. The predicted molar refractivity (Wildman–Crippen MR) is 76.5 cm³/mol. The second-order valence-electron chi connectivity index (χ2n) is 5.51. The first-order valence-electron chi connectivity index (χ1n) is 7.02. The van der Waals surface area contributed by atoms with Crippen molar-refractivity contribution in [3.05, 3.63) is 29.3 Å². The molecule has 1 aromatic carbocycles. The van der Waals surface area contributed by atoms with Crippen LogP contribution in [0, 0.1) is 5.92 Å². The van der Waals surface area contributed by atoms with E-state index in [1.54, 1.807) is 13.1 Å². The lowest BCUT2D eigenvalue weighted by atomic mass is 10.0. The maximum absolute atomic E-state index is 12.5. The van der Waals surface area contributed by atoms with Crippen molar-refractivity contribution in [2.75, 3.05) is 32.1 Å². The zero-order chi connectivity index (χ0) is 15.0. The minimum Gasteiger partial charge on any atom is -0.481 e. The van der Waals surface area contributed by atoms with Gasteiger partial charge in [-0.25, -0.2) is 0 Å². The number of carboxylic acid groups (broad SMARTS) is 1. The van der Waals surface area contributed by atoms with Gasteiger partial charge in [-0.15, -0.1) is 0 Å². The van der Waals surface area contributed by atoms with Crippen LogP contribution in [0.2, 0.25) is 0 Å². The van der Waals surface area contributed by atoms with Crippen molar-refractivity contribution in [3.63, 3.8) is 0 Å². The van der Waals surface area contributed by atoms with E-state index >= 15 is 0 Å². The Morgan fingerprint density at radius 3 is 2.95 bits per heavy atom. The van der Waals surface area contributed by atoms with Crippen molar-refractivity contribution in [1.82, 2.24) is 4.90 Å². The molecule has 6 heteroatoms. The number of carboxylic acids is 1. The lowest BCUT2D eigenvalue weighted by Crippen LogP contribution is -2.44. The summed E-state index contributed by atoms with van der Waals surface area (Å²) in [6, 6.07) is 5.18. The smallest absolute Gasteiger partial charge is 0.311 e. The average Bonchev–Trinajstić information content (AvgIpc) is 3.13. The van der Waals surface area contributed by atoms with E-state index < -0.39 is 17.9 Å². The van der Waals surface area contributed by atoms with Gasteiger partial charge in [0, 0.05) is 24.8 Å². The van der Waals surface area contributed by atoms with Crippen LogP contribution in [0.5, 0.6) is 0 Å². The summed E-state index contributed by atoms with van der Waals surface area (Å²) >= 11 is 0. The molecule has 3 rings (SSSR count). The number of anilines is 1. The Bertz CT molecular complexity index is 587. The summed E-state index contributed by atoms with van der Waals surface area (Å²) < 4.78 is 5.23. The average molecular weight is 290 g/mol. The molecule has 2 atom stereocenters. The fourth-order valence-electron chi connectivity index (χ4n) is 2.94. The minimum absolute atomic E-state index is 0.156. The number of likely N-dealkylation sites (N-methyl/N-ethyl adjacent to an activating group) is 1. The molecule has 2 aliphatic rings. The van der Waals surface area contributed by atoms with Gasteiger partial charge >= 0.3 is 5.97 Å². The van der Waals surface area contributed by atoms with E-state index in [1.807, 2.05) is 12.1 Å². The summed E-state index contributed by atoms with van der Waals surface area (Å²) in [7, 11) is 1.64. The Morgan fingerprint density at radius 2 is 2.19 bits per heavy atom. The Morgan fingerprint density at radius 1 is 1.38 bits per heavy atom. The van der Waals surface area contributed by atoms with Crippen molar-refractivity contribution >= 4 is 17.6 Å². The quantitative estimate of drug-likeness (QED) is 0.862. The van der Waals surface area contributed by atoms with E-state index in [-0.39, 0.29) is 19.1 Å². The summed E-state index contributed by atoms with van der Waals surface area (Å²) in [5, 5.41) is 12.4. The second-order valence-corrected chi connectivity index (χ2v) is 5.51. The summed E-state index contributed by atoms with van der Waals surface area (Å²) in [4.78, 5) is 25.2. The van der Waals surface area contributed by atoms with Gasteiger partial charge in [0.05, 0.1) is 19.3 Å². The number of benzene rings is 1. The highest BCUT2D eigenvalue weighted by atomic mass is 16.5. The molecule has 1 saturated heterocycles. The third kappa shape index (κ3) is 2.47. The van der Waals surface area contributed by atoms with E-state index in [1.165, 1.54) is 10.5 Å². The van der Waals surface area contributed by atoms with Crippen LogP contribution < -0.4 is 5.32 Å². The van der Waals surface area contributed by atoms with Crippen LogP contribution in [-0.4, -0.2) is 54.7 Å². The molecule has 1 aromatic rings. The number of amides is 1. The number of rotatable bonds is 3. The Labute approximate surface area is 122 Å². The van der Waals surface area contributed by atoms with E-state index in [2.05, 4.69) is 5.32 Å². The number of nitrogens with zero attached hydrogens (tertiary/aromatic N) is 1. The molecule has 0 radical (unpaired) electrons. The maximum Gasteiger partial charge on any atom is 0.311 e. The lowest BCUT2D eigenvalue weighted by Gasteiger charge is -2.26. The molecule has 0 aromatic heterocycles. The molecule has 0 spiro atoms. The molecule has 0 bridgehead atoms. The molecule has 1 fully saturated rings. The Hall–Kier alpha value is -2.08. The Balaban J connectivity index is 1.79. The van der Waals surface area contributed by atoms with Gasteiger partial charge in [-0.1, -0.05) is 6.07 Å². The third-order valence-electron chi connectivity index (χ3n) is 4.25. The van der Waals surface area contributed by atoms with Crippen LogP contribution in [0.25, 0.3) is 0 Å². The summed E-state index contributed by atoms with van der Waals surface area (Å²) in [5.74, 6) is -1.76. The highest BCUT2D eigenvalue weighted by Gasteiger charge is 2.38. The summed E-state index contributed by atoms with van der Waals surface area (Å²) in [5.41, 5.74) is 2.77. The van der Waals surface area contributed by atoms with Crippen LogP contribution in [-0.2, 0) is 16.0 Å². The number of hydrogen-bond donors (Lipinski definition) is 2. The topological polar surface area (TPSA) is 78.9 Å². The number of carbonyl (C=O) groups is 2. The number of carbonyl (C=O) groups excluding carboxylic acids is 1. The third-order valence-corrected chi connectivity index (χ3v) is 4.25. The number of fused-ring (bicyclic) bond motifs is 1. The molecule has 112 valence electrons. The van der Waals surface area contributed by atoms with Gasteiger partial charge in [-0.3, -0.25) is 9.59 Å². The maximum atomic E-state index is 12.5. The van der Waals surface area contributed by atoms with Crippen molar-refractivity contribution in [2.24, 2.45) is 5.92 Å². The lowest BCUT2D eigenvalue weighted by molar-refractivity contribution is -0.142. The predicted octanol–water partition coefficient (Wildman–Crippen LogP) is 0.826. The Kier molecular flexibility index (Phi) is 3.55. The van der Waals surface area contributed by atoms with Crippen molar-refractivity contribution in [2.45, 2.75) is 12.5 Å². The van der Waals surface area contributed by atoms with Crippen LogP contribution in [0.1, 0.15) is 15.9 Å². The van der Waals surface area contributed by atoms with Crippen LogP contribution in [0.15, 0.2) is 18.2 Å². The second kappa shape index (κ2) is 5.37. The first kappa shape index (κ1) is 13.9. The fourth-order valence-corrected chi connectivity index (χ4v) is 2.94. The monoisotopic (exact) mass is 290 g/mol. The molecule has 21 heavy (non-hydrogen) atoms. The molecule has 0 aliphatic carbocycles. The zero-order valence-electron chi connectivity index (χ0n) is 11.8. The van der Waals surface area contributed by atoms with Gasteiger partial charge in [0.25, 0.3) is 5.91 Å². The zero-order valence-corrected chi connectivity index (χ0v) is 11.8. The van der Waals surface area contributed by atoms with E-state index in [0.717, 1.165) is 18.7 Å². The normalized spacial score (nSPS) is 23.5. The van der Waals surface area contributed by atoms with E-state index in [0.29, 0.717) is 5.56 Å². The van der Waals surface area contributed by atoms with Crippen LogP contribution in [0.3, 0.4) is 0 Å². The molecule has 0 saturated carbocycles. The molecule has 2 aliphatic heterocycles. The molecule has 2 unspecified atom stereocenters. The SMILES string of the molecule is CN(C(=O)c1ccc2c(c1)NCC2)C1COCC1C(=O)O. The largest absolute Gasteiger partial charge is 0.481 e.